The van der Waals surface area contributed by atoms with Gasteiger partial charge in [0.05, 0.1) is 12.3 Å². The standard InChI is InChI=1S/C19H28N2O3/c1-14(2)20-10-11-23-17(12-20)13-24-18-8-4-6-16-7-5-9-21(15(3)22)19(16)18/h4,6,8,14,17H,5,7,9-13H2,1-3H3/t17-/m0/s1. The molecule has 132 valence electrons. The summed E-state index contributed by atoms with van der Waals surface area (Å²) in [6.07, 6.45) is 2.08. The van der Waals surface area contributed by atoms with Crippen LogP contribution in [0.15, 0.2) is 18.2 Å². The number of anilines is 1. The summed E-state index contributed by atoms with van der Waals surface area (Å²) in [7, 11) is 0. The number of morpholine rings is 1. The molecule has 0 aliphatic carbocycles. The van der Waals surface area contributed by atoms with Crippen molar-refractivity contribution in [3.63, 3.8) is 0 Å². The van der Waals surface area contributed by atoms with Gasteiger partial charge >= 0.3 is 0 Å². The van der Waals surface area contributed by atoms with Crippen LogP contribution in [0.3, 0.4) is 0 Å². The van der Waals surface area contributed by atoms with E-state index in [0.717, 1.165) is 50.5 Å². The van der Waals surface area contributed by atoms with E-state index < -0.39 is 0 Å². The lowest BCUT2D eigenvalue weighted by Crippen LogP contribution is -2.47. The number of hydrogen-bond donors (Lipinski definition) is 0. The zero-order chi connectivity index (χ0) is 17.1. The number of amides is 1. The molecule has 1 aromatic carbocycles. The molecule has 0 radical (unpaired) electrons. The van der Waals surface area contributed by atoms with Crippen LogP contribution in [-0.4, -0.2) is 55.8 Å². The van der Waals surface area contributed by atoms with Crippen molar-refractivity contribution in [2.24, 2.45) is 0 Å². The molecule has 0 unspecified atom stereocenters. The third-order valence-corrected chi connectivity index (χ3v) is 4.89. The number of rotatable bonds is 4. The van der Waals surface area contributed by atoms with Crippen molar-refractivity contribution in [1.82, 2.24) is 4.90 Å². The van der Waals surface area contributed by atoms with E-state index in [1.54, 1.807) is 6.92 Å². The molecule has 5 nitrogen and oxygen atoms in total. The Bertz CT molecular complexity index is 588. The molecule has 2 aliphatic heterocycles. The second-order valence-electron chi connectivity index (χ2n) is 6.93. The Morgan fingerprint density at radius 1 is 1.38 bits per heavy atom. The Hall–Kier alpha value is -1.59. The molecule has 1 atom stereocenters. The Balaban J connectivity index is 1.71. The molecular formula is C19H28N2O3. The van der Waals surface area contributed by atoms with Crippen LogP contribution in [-0.2, 0) is 16.0 Å². The van der Waals surface area contributed by atoms with Gasteiger partial charge in [0.15, 0.2) is 0 Å². The summed E-state index contributed by atoms with van der Waals surface area (Å²) in [5.74, 6) is 0.875. The number of benzene rings is 1. The van der Waals surface area contributed by atoms with Crippen molar-refractivity contribution >= 4 is 11.6 Å². The average Bonchev–Trinajstić information content (AvgIpc) is 2.59. The van der Waals surface area contributed by atoms with E-state index in [1.807, 2.05) is 17.0 Å². The molecule has 2 heterocycles. The van der Waals surface area contributed by atoms with E-state index in [0.29, 0.717) is 12.6 Å². The number of nitrogens with zero attached hydrogens (tertiary/aromatic N) is 2. The van der Waals surface area contributed by atoms with Crippen molar-refractivity contribution < 1.29 is 14.3 Å². The molecule has 1 fully saturated rings. The third kappa shape index (κ3) is 3.73. The molecule has 1 aromatic rings. The molecule has 24 heavy (non-hydrogen) atoms. The molecule has 0 aromatic heterocycles. The molecule has 2 aliphatic rings. The highest BCUT2D eigenvalue weighted by molar-refractivity contribution is 5.94. The second kappa shape index (κ2) is 7.53. The Kier molecular flexibility index (Phi) is 5.41. The smallest absolute Gasteiger partial charge is 0.223 e. The second-order valence-corrected chi connectivity index (χ2v) is 6.93. The topological polar surface area (TPSA) is 42.0 Å². The van der Waals surface area contributed by atoms with Gasteiger partial charge in [-0.05, 0) is 38.3 Å². The minimum absolute atomic E-state index is 0.0753. The molecule has 5 heteroatoms. The predicted molar refractivity (Wildman–Crippen MR) is 94.7 cm³/mol. The summed E-state index contributed by atoms with van der Waals surface area (Å²) in [4.78, 5) is 16.2. The highest BCUT2D eigenvalue weighted by Crippen LogP contribution is 2.36. The van der Waals surface area contributed by atoms with Gasteiger partial charge in [-0.1, -0.05) is 12.1 Å². The van der Waals surface area contributed by atoms with Gasteiger partial charge in [-0.15, -0.1) is 0 Å². The third-order valence-electron chi connectivity index (χ3n) is 4.89. The minimum atomic E-state index is 0.0753. The van der Waals surface area contributed by atoms with Crippen molar-refractivity contribution in [3.8, 4) is 5.75 Å². The van der Waals surface area contributed by atoms with E-state index in [4.69, 9.17) is 9.47 Å². The first kappa shape index (κ1) is 17.2. The Labute approximate surface area is 144 Å². The van der Waals surface area contributed by atoms with Gasteiger partial charge in [0.2, 0.25) is 5.91 Å². The minimum Gasteiger partial charge on any atom is -0.489 e. The van der Waals surface area contributed by atoms with Gasteiger partial charge in [0.1, 0.15) is 18.5 Å². The van der Waals surface area contributed by atoms with Crippen LogP contribution in [0.4, 0.5) is 5.69 Å². The normalized spacial score (nSPS) is 21.7. The summed E-state index contributed by atoms with van der Waals surface area (Å²) in [6, 6.07) is 6.59. The number of carbonyl (C=O) groups excluding carboxylic acids is 1. The van der Waals surface area contributed by atoms with Crippen molar-refractivity contribution in [3.05, 3.63) is 23.8 Å². The number of aryl methyl sites for hydroxylation is 1. The van der Waals surface area contributed by atoms with Gasteiger partial charge in [0.25, 0.3) is 0 Å². The van der Waals surface area contributed by atoms with E-state index in [-0.39, 0.29) is 12.0 Å². The summed E-state index contributed by atoms with van der Waals surface area (Å²) >= 11 is 0. The first-order chi connectivity index (χ1) is 11.6. The summed E-state index contributed by atoms with van der Waals surface area (Å²) in [5.41, 5.74) is 2.15. The van der Waals surface area contributed by atoms with Crippen molar-refractivity contribution in [2.45, 2.75) is 45.8 Å². The van der Waals surface area contributed by atoms with E-state index in [9.17, 15) is 4.79 Å². The lowest BCUT2D eigenvalue weighted by atomic mass is 10.0. The molecule has 3 rings (SSSR count). The van der Waals surface area contributed by atoms with Crippen LogP contribution in [0.5, 0.6) is 5.75 Å². The van der Waals surface area contributed by atoms with Crippen LogP contribution in [0, 0.1) is 0 Å². The van der Waals surface area contributed by atoms with Crippen LogP contribution in [0.1, 0.15) is 32.8 Å². The van der Waals surface area contributed by atoms with Crippen LogP contribution >= 0.6 is 0 Å². The molecule has 1 amide bonds. The lowest BCUT2D eigenvalue weighted by Gasteiger charge is -2.36. The first-order valence-electron chi connectivity index (χ1n) is 8.94. The predicted octanol–water partition coefficient (Wildman–Crippen LogP) is 2.47. The maximum Gasteiger partial charge on any atom is 0.223 e. The number of fused-ring (bicyclic) bond motifs is 1. The SMILES string of the molecule is CC(=O)N1CCCc2cccc(OC[C@@H]3CN(C(C)C)CCO3)c21. The summed E-state index contributed by atoms with van der Waals surface area (Å²) < 4.78 is 12.0. The maximum absolute atomic E-state index is 12.0. The molecule has 0 spiro atoms. The number of hydrogen-bond acceptors (Lipinski definition) is 4. The fourth-order valence-electron chi connectivity index (χ4n) is 3.54. The fraction of sp³-hybridized carbons (Fsp3) is 0.632. The van der Waals surface area contributed by atoms with E-state index in [1.165, 1.54) is 5.56 Å². The highest BCUT2D eigenvalue weighted by Gasteiger charge is 2.26. The van der Waals surface area contributed by atoms with E-state index >= 15 is 0 Å². The molecule has 0 saturated carbocycles. The fourth-order valence-corrected chi connectivity index (χ4v) is 3.54. The van der Waals surface area contributed by atoms with Gasteiger partial charge in [-0.25, -0.2) is 0 Å². The van der Waals surface area contributed by atoms with Gasteiger partial charge in [0, 0.05) is 32.6 Å². The first-order valence-corrected chi connectivity index (χ1v) is 8.94. The molecule has 1 saturated heterocycles. The van der Waals surface area contributed by atoms with E-state index in [2.05, 4.69) is 24.8 Å². The van der Waals surface area contributed by atoms with Gasteiger partial charge in [-0.2, -0.15) is 0 Å². The lowest BCUT2D eigenvalue weighted by molar-refractivity contribution is -0.116. The highest BCUT2D eigenvalue weighted by atomic mass is 16.5. The van der Waals surface area contributed by atoms with Crippen LogP contribution < -0.4 is 9.64 Å². The summed E-state index contributed by atoms with van der Waals surface area (Å²) in [5, 5.41) is 0. The van der Waals surface area contributed by atoms with Crippen LogP contribution in [0.25, 0.3) is 0 Å². The molecule has 0 N–H and O–H groups in total. The van der Waals surface area contributed by atoms with Crippen LogP contribution in [0.2, 0.25) is 0 Å². The summed E-state index contributed by atoms with van der Waals surface area (Å²) in [6.45, 7) is 9.95. The van der Waals surface area contributed by atoms with Crippen molar-refractivity contribution in [1.29, 1.82) is 0 Å². The van der Waals surface area contributed by atoms with Gasteiger partial charge in [-0.3, -0.25) is 9.69 Å². The number of para-hydroxylation sites is 1. The average molecular weight is 332 g/mol. The number of carbonyl (C=O) groups is 1. The zero-order valence-corrected chi connectivity index (χ0v) is 15.0. The van der Waals surface area contributed by atoms with Crippen molar-refractivity contribution in [2.75, 3.05) is 37.7 Å². The largest absolute Gasteiger partial charge is 0.489 e. The van der Waals surface area contributed by atoms with Gasteiger partial charge < -0.3 is 14.4 Å². The Morgan fingerprint density at radius 2 is 2.21 bits per heavy atom. The maximum atomic E-state index is 12.0. The molecule has 0 bridgehead atoms. The quantitative estimate of drug-likeness (QED) is 0.849. The number of ether oxygens (including phenoxy) is 2. The monoisotopic (exact) mass is 332 g/mol. The Morgan fingerprint density at radius 3 is 2.96 bits per heavy atom. The zero-order valence-electron chi connectivity index (χ0n) is 15.0. The molecular weight excluding hydrogens is 304 g/mol.